The molecule has 0 aliphatic carbocycles. The van der Waals surface area contributed by atoms with Crippen molar-refractivity contribution in [1.82, 2.24) is 0 Å². The van der Waals surface area contributed by atoms with Crippen LogP contribution in [0.5, 0.6) is 17.2 Å². The number of hydrogen-bond donors (Lipinski definition) is 2. The molecule has 0 fully saturated rings. The zero-order chi connectivity index (χ0) is 15.0. The van der Waals surface area contributed by atoms with Crippen molar-refractivity contribution in [2.75, 3.05) is 7.11 Å². The molecule has 0 radical (unpaired) electrons. The number of hydrogen-bond acceptors (Lipinski definition) is 4. The monoisotopic (exact) mass is 290 g/mol. The molecule has 2 aromatic carbocycles. The molecule has 1 aliphatic rings. The maximum Gasteiger partial charge on any atom is 0.165 e. The van der Waals surface area contributed by atoms with Crippen molar-refractivity contribution in [1.29, 1.82) is 0 Å². The first-order valence-electron chi connectivity index (χ1n) is 6.59. The molecule has 4 nitrogen and oxygen atoms in total. The highest BCUT2D eigenvalue weighted by atomic mass is 19.1. The van der Waals surface area contributed by atoms with E-state index in [1.165, 1.54) is 12.1 Å². The lowest BCUT2D eigenvalue weighted by atomic mass is 9.94. The highest BCUT2D eigenvalue weighted by Crippen LogP contribution is 2.42. The van der Waals surface area contributed by atoms with Gasteiger partial charge in [0.1, 0.15) is 17.6 Å². The van der Waals surface area contributed by atoms with Gasteiger partial charge in [-0.15, -0.1) is 0 Å². The molecule has 5 heteroatoms. The third kappa shape index (κ3) is 2.52. The molecule has 2 aromatic rings. The number of phenolic OH excluding ortho intramolecular Hbond substituents is 1. The number of halogens is 1. The van der Waals surface area contributed by atoms with Crippen LogP contribution in [0.25, 0.3) is 0 Å². The van der Waals surface area contributed by atoms with Crippen LogP contribution >= 0.6 is 0 Å². The number of aliphatic hydroxyl groups excluding tert-OH is 1. The van der Waals surface area contributed by atoms with Gasteiger partial charge in [-0.1, -0.05) is 6.07 Å². The summed E-state index contributed by atoms with van der Waals surface area (Å²) >= 11 is 0. The third-order valence-corrected chi connectivity index (χ3v) is 3.63. The number of ether oxygens (including phenoxy) is 2. The van der Waals surface area contributed by atoms with Crippen LogP contribution in [0.4, 0.5) is 4.39 Å². The van der Waals surface area contributed by atoms with Crippen LogP contribution in [0, 0.1) is 5.82 Å². The first-order valence-corrected chi connectivity index (χ1v) is 6.59. The van der Waals surface area contributed by atoms with Gasteiger partial charge in [0.2, 0.25) is 0 Å². The van der Waals surface area contributed by atoms with Crippen molar-refractivity contribution in [2.45, 2.75) is 18.6 Å². The van der Waals surface area contributed by atoms with Crippen LogP contribution in [0.15, 0.2) is 36.4 Å². The van der Waals surface area contributed by atoms with Crippen molar-refractivity contribution in [3.05, 3.63) is 53.3 Å². The number of aliphatic hydroxyl groups is 1. The van der Waals surface area contributed by atoms with Gasteiger partial charge in [0.05, 0.1) is 13.2 Å². The predicted octanol–water partition coefficient (Wildman–Crippen LogP) is 3.10. The fourth-order valence-corrected chi connectivity index (χ4v) is 2.48. The molecular weight excluding hydrogens is 275 g/mol. The van der Waals surface area contributed by atoms with E-state index < -0.39 is 23.8 Å². The molecule has 0 bridgehead atoms. The standard InChI is InChI=1S/C16H15FO4/c1-20-10-3-5-15-11(7-10)14(19)8-16(21-15)9-2-4-13(18)12(17)6-9/h2-7,14,16,18-19H,8H2,1H3/t14-,16?/m1/s1. The zero-order valence-corrected chi connectivity index (χ0v) is 11.4. The van der Waals surface area contributed by atoms with Crippen LogP contribution in [-0.2, 0) is 0 Å². The first kappa shape index (κ1) is 13.7. The van der Waals surface area contributed by atoms with Gasteiger partial charge in [-0.2, -0.15) is 0 Å². The van der Waals surface area contributed by atoms with Crippen molar-refractivity contribution in [3.8, 4) is 17.2 Å². The minimum absolute atomic E-state index is 0.310. The molecule has 2 atom stereocenters. The Morgan fingerprint density at radius 1 is 1.24 bits per heavy atom. The summed E-state index contributed by atoms with van der Waals surface area (Å²) in [6, 6.07) is 9.29. The zero-order valence-electron chi connectivity index (χ0n) is 11.4. The normalized spacial score (nSPS) is 20.5. The molecule has 3 rings (SSSR count). The van der Waals surface area contributed by atoms with Gasteiger partial charge < -0.3 is 19.7 Å². The molecule has 110 valence electrons. The Morgan fingerprint density at radius 2 is 2.05 bits per heavy atom. The summed E-state index contributed by atoms with van der Waals surface area (Å²) in [6.07, 6.45) is -0.869. The van der Waals surface area contributed by atoms with Crippen molar-refractivity contribution < 1.29 is 24.1 Å². The van der Waals surface area contributed by atoms with E-state index in [-0.39, 0.29) is 0 Å². The molecule has 0 saturated heterocycles. The number of aromatic hydroxyl groups is 1. The second-order valence-corrected chi connectivity index (χ2v) is 4.97. The summed E-state index contributed by atoms with van der Waals surface area (Å²) in [4.78, 5) is 0. The summed E-state index contributed by atoms with van der Waals surface area (Å²) in [6.45, 7) is 0. The smallest absolute Gasteiger partial charge is 0.165 e. The molecule has 2 N–H and O–H groups in total. The Morgan fingerprint density at radius 3 is 2.76 bits per heavy atom. The van der Waals surface area contributed by atoms with E-state index in [9.17, 15) is 14.6 Å². The summed E-state index contributed by atoms with van der Waals surface area (Å²) < 4.78 is 24.4. The molecular formula is C16H15FO4. The fourth-order valence-electron chi connectivity index (χ4n) is 2.48. The van der Waals surface area contributed by atoms with E-state index in [1.807, 2.05) is 0 Å². The molecule has 21 heavy (non-hydrogen) atoms. The van der Waals surface area contributed by atoms with E-state index in [0.717, 1.165) is 0 Å². The summed E-state index contributed by atoms with van der Waals surface area (Å²) in [5.41, 5.74) is 1.23. The van der Waals surface area contributed by atoms with Gasteiger partial charge in [0.15, 0.2) is 11.6 Å². The SMILES string of the molecule is COc1ccc2c(c1)[C@H](O)CC(c1ccc(O)c(F)c1)O2. The Kier molecular flexibility index (Phi) is 3.43. The number of benzene rings is 2. The maximum atomic E-state index is 13.4. The van der Waals surface area contributed by atoms with E-state index in [0.29, 0.717) is 29.0 Å². The molecule has 0 saturated carbocycles. The van der Waals surface area contributed by atoms with Gasteiger partial charge in [0.25, 0.3) is 0 Å². The topological polar surface area (TPSA) is 58.9 Å². The lowest BCUT2D eigenvalue weighted by molar-refractivity contribution is 0.0653. The van der Waals surface area contributed by atoms with Gasteiger partial charge in [-0.25, -0.2) is 4.39 Å². The molecule has 0 amide bonds. The van der Waals surface area contributed by atoms with Gasteiger partial charge in [0, 0.05) is 12.0 Å². The van der Waals surface area contributed by atoms with Crippen LogP contribution in [-0.4, -0.2) is 17.3 Å². The Balaban J connectivity index is 1.92. The average molecular weight is 290 g/mol. The van der Waals surface area contributed by atoms with Crippen molar-refractivity contribution in [2.24, 2.45) is 0 Å². The van der Waals surface area contributed by atoms with Crippen LogP contribution in [0.2, 0.25) is 0 Å². The van der Waals surface area contributed by atoms with Gasteiger partial charge >= 0.3 is 0 Å². The van der Waals surface area contributed by atoms with Gasteiger partial charge in [-0.3, -0.25) is 0 Å². The van der Waals surface area contributed by atoms with Gasteiger partial charge in [-0.05, 0) is 35.9 Å². The number of fused-ring (bicyclic) bond motifs is 1. The minimum Gasteiger partial charge on any atom is -0.505 e. The van der Waals surface area contributed by atoms with Crippen LogP contribution < -0.4 is 9.47 Å². The number of methoxy groups -OCH3 is 1. The van der Waals surface area contributed by atoms with Crippen LogP contribution in [0.1, 0.15) is 29.8 Å². The lowest BCUT2D eigenvalue weighted by Gasteiger charge is -2.30. The van der Waals surface area contributed by atoms with E-state index in [2.05, 4.69) is 0 Å². The van der Waals surface area contributed by atoms with Crippen molar-refractivity contribution in [3.63, 3.8) is 0 Å². The Bertz CT molecular complexity index is 671. The predicted molar refractivity (Wildman–Crippen MR) is 74.0 cm³/mol. The first-order chi connectivity index (χ1) is 10.1. The summed E-state index contributed by atoms with van der Waals surface area (Å²) in [7, 11) is 1.56. The summed E-state index contributed by atoms with van der Waals surface area (Å²) in [5.74, 6) is 0.0879. The summed E-state index contributed by atoms with van der Waals surface area (Å²) in [5, 5.41) is 19.5. The Labute approximate surface area is 121 Å². The molecule has 1 aliphatic heterocycles. The highest BCUT2D eigenvalue weighted by Gasteiger charge is 2.28. The second kappa shape index (κ2) is 5.26. The second-order valence-electron chi connectivity index (χ2n) is 4.97. The van der Waals surface area contributed by atoms with E-state index in [1.54, 1.807) is 31.4 Å². The largest absolute Gasteiger partial charge is 0.505 e. The number of rotatable bonds is 2. The molecule has 1 unspecified atom stereocenters. The van der Waals surface area contributed by atoms with Crippen molar-refractivity contribution >= 4 is 0 Å². The highest BCUT2D eigenvalue weighted by molar-refractivity contribution is 5.44. The molecule has 0 spiro atoms. The molecule has 0 aromatic heterocycles. The lowest BCUT2D eigenvalue weighted by Crippen LogP contribution is -2.19. The average Bonchev–Trinajstić information content (AvgIpc) is 2.49. The maximum absolute atomic E-state index is 13.4. The quantitative estimate of drug-likeness (QED) is 0.892. The molecule has 1 heterocycles. The van der Waals surface area contributed by atoms with Crippen LogP contribution in [0.3, 0.4) is 0 Å². The number of phenols is 1. The third-order valence-electron chi connectivity index (χ3n) is 3.63. The Hall–Kier alpha value is -2.27. The van der Waals surface area contributed by atoms with E-state index >= 15 is 0 Å². The fraction of sp³-hybridized carbons (Fsp3) is 0.250. The van der Waals surface area contributed by atoms with E-state index in [4.69, 9.17) is 9.47 Å². The minimum atomic E-state index is -0.717.